The molecule has 2 aromatic heterocycles. The largest absolute Gasteiger partial charge is 0.353 e. The van der Waals surface area contributed by atoms with Gasteiger partial charge in [-0.05, 0) is 24.3 Å². The van der Waals surface area contributed by atoms with Crippen LogP contribution in [0.2, 0.25) is 0 Å². The summed E-state index contributed by atoms with van der Waals surface area (Å²) in [5, 5.41) is 14.3. The smallest absolute Gasteiger partial charge is 0.199 e. The molecular weight excluding hydrogens is 192 g/mol. The molecule has 0 atom stereocenters. The molecule has 15 heavy (non-hydrogen) atoms. The third-order valence-electron chi connectivity index (χ3n) is 1.91. The Hall–Kier alpha value is -2.16. The van der Waals surface area contributed by atoms with Crippen LogP contribution in [0.4, 0.5) is 5.82 Å². The van der Waals surface area contributed by atoms with E-state index in [1.807, 2.05) is 13.8 Å². The van der Waals surface area contributed by atoms with Crippen molar-refractivity contribution >= 4 is 11.5 Å². The predicted octanol–water partition coefficient (Wildman–Crippen LogP) is 0.343. The molecule has 0 aliphatic heterocycles. The van der Waals surface area contributed by atoms with E-state index in [2.05, 4.69) is 31.7 Å². The van der Waals surface area contributed by atoms with Crippen LogP contribution in [0.25, 0.3) is 5.65 Å². The number of hydrogen-bond donors (Lipinski definition) is 1. The van der Waals surface area contributed by atoms with E-state index in [1.165, 1.54) is 0 Å². The first-order chi connectivity index (χ1) is 7.12. The van der Waals surface area contributed by atoms with Gasteiger partial charge in [0.25, 0.3) is 0 Å². The van der Waals surface area contributed by atoms with Gasteiger partial charge in [-0.1, -0.05) is 5.92 Å². The summed E-state index contributed by atoms with van der Waals surface area (Å²) in [5.41, 5.74) is 0.106. The maximum absolute atomic E-state index is 5.38. The lowest BCUT2D eigenvalue weighted by Crippen LogP contribution is -2.29. The number of tetrazole rings is 1. The topological polar surface area (TPSA) is 68.0 Å². The fourth-order valence-electron chi connectivity index (χ4n) is 1.12. The highest BCUT2D eigenvalue weighted by molar-refractivity contribution is 5.46. The highest BCUT2D eigenvalue weighted by atomic mass is 15.5. The van der Waals surface area contributed by atoms with Gasteiger partial charge in [-0.15, -0.1) is 11.5 Å². The zero-order chi connectivity index (χ0) is 10.9. The molecule has 1 N–H and O–H groups in total. The second-order valence-electron chi connectivity index (χ2n) is 3.64. The molecule has 2 heterocycles. The average molecular weight is 202 g/mol. The number of nitrogens with zero attached hydrogens (tertiary/aromatic N) is 5. The van der Waals surface area contributed by atoms with E-state index in [4.69, 9.17) is 6.42 Å². The number of rotatable bonds is 2. The van der Waals surface area contributed by atoms with Crippen molar-refractivity contribution in [1.82, 2.24) is 25.0 Å². The molecule has 0 unspecified atom stereocenters. The molecule has 0 spiro atoms. The minimum atomic E-state index is -0.470. The lowest BCUT2D eigenvalue weighted by atomic mass is 10.1. The monoisotopic (exact) mass is 202 g/mol. The third kappa shape index (κ3) is 1.72. The molecule has 0 aromatic carbocycles. The first kappa shape index (κ1) is 9.40. The van der Waals surface area contributed by atoms with E-state index in [-0.39, 0.29) is 0 Å². The van der Waals surface area contributed by atoms with Gasteiger partial charge in [-0.3, -0.25) is 4.98 Å². The van der Waals surface area contributed by atoms with Crippen LogP contribution in [-0.4, -0.2) is 30.6 Å². The van der Waals surface area contributed by atoms with Gasteiger partial charge in [-0.2, -0.15) is 4.52 Å². The summed E-state index contributed by atoms with van der Waals surface area (Å²) in [6, 6.07) is 0. The highest BCUT2D eigenvalue weighted by Gasteiger charge is 2.15. The van der Waals surface area contributed by atoms with Crippen molar-refractivity contribution in [1.29, 1.82) is 0 Å². The molecule has 2 rings (SSSR count). The van der Waals surface area contributed by atoms with E-state index in [1.54, 1.807) is 16.9 Å². The summed E-state index contributed by atoms with van der Waals surface area (Å²) < 4.78 is 1.55. The van der Waals surface area contributed by atoms with Crippen molar-refractivity contribution in [2.24, 2.45) is 0 Å². The van der Waals surface area contributed by atoms with E-state index in [0.29, 0.717) is 11.5 Å². The Morgan fingerprint density at radius 1 is 1.47 bits per heavy atom. The summed E-state index contributed by atoms with van der Waals surface area (Å²) in [6.07, 6.45) is 8.58. The van der Waals surface area contributed by atoms with Crippen LogP contribution in [0.3, 0.4) is 0 Å². The number of hydrogen-bond acceptors (Lipinski definition) is 5. The zero-order valence-electron chi connectivity index (χ0n) is 8.47. The van der Waals surface area contributed by atoms with Crippen LogP contribution >= 0.6 is 0 Å². The van der Waals surface area contributed by atoms with E-state index in [0.717, 1.165) is 0 Å². The van der Waals surface area contributed by atoms with Gasteiger partial charge in [0.05, 0.1) is 17.9 Å². The first-order valence-corrected chi connectivity index (χ1v) is 4.40. The maximum atomic E-state index is 5.38. The van der Waals surface area contributed by atoms with Gasteiger partial charge >= 0.3 is 0 Å². The molecule has 2 aromatic rings. The molecule has 0 aliphatic carbocycles. The quantitative estimate of drug-likeness (QED) is 0.711. The number of anilines is 1. The van der Waals surface area contributed by atoms with Gasteiger partial charge in [-0.25, -0.2) is 0 Å². The molecule has 0 saturated carbocycles. The highest BCUT2D eigenvalue weighted by Crippen LogP contribution is 2.12. The van der Waals surface area contributed by atoms with E-state index < -0.39 is 5.54 Å². The normalized spacial score (nSPS) is 11.3. The van der Waals surface area contributed by atoms with Crippen LogP contribution < -0.4 is 5.32 Å². The lowest BCUT2D eigenvalue weighted by molar-refractivity contribution is 0.718. The Kier molecular flexibility index (Phi) is 2.01. The van der Waals surface area contributed by atoms with Crippen LogP contribution in [0.5, 0.6) is 0 Å². The molecule has 0 saturated heterocycles. The van der Waals surface area contributed by atoms with Crippen LogP contribution in [0.15, 0.2) is 12.4 Å². The fraction of sp³-hybridized carbons (Fsp3) is 0.333. The van der Waals surface area contributed by atoms with E-state index in [9.17, 15) is 0 Å². The van der Waals surface area contributed by atoms with Crippen LogP contribution in [0, 0.1) is 12.3 Å². The van der Waals surface area contributed by atoms with Gasteiger partial charge in [0, 0.05) is 0 Å². The summed E-state index contributed by atoms with van der Waals surface area (Å²) in [6.45, 7) is 3.77. The standard InChI is InChI=1S/C9H10N6/c1-4-9(2,3)11-7-5-10-6-8-12-13-14-15(7)8/h1,5-6,11H,2-3H3. The molecule has 0 radical (unpaired) electrons. The number of nitrogens with one attached hydrogen (secondary N) is 1. The summed E-state index contributed by atoms with van der Waals surface area (Å²) >= 11 is 0. The minimum absolute atomic E-state index is 0.470. The molecular formula is C9H10N6. The van der Waals surface area contributed by atoms with Crippen LogP contribution in [-0.2, 0) is 0 Å². The molecule has 0 aliphatic rings. The summed E-state index contributed by atoms with van der Waals surface area (Å²) in [7, 11) is 0. The second kappa shape index (κ2) is 3.20. The third-order valence-corrected chi connectivity index (χ3v) is 1.91. The summed E-state index contributed by atoms with van der Waals surface area (Å²) in [4.78, 5) is 4.01. The van der Waals surface area contributed by atoms with Crippen molar-refractivity contribution in [3.8, 4) is 12.3 Å². The molecule has 0 fully saturated rings. The zero-order valence-corrected chi connectivity index (χ0v) is 8.47. The second-order valence-corrected chi connectivity index (χ2v) is 3.64. The van der Waals surface area contributed by atoms with Crippen LogP contribution in [0.1, 0.15) is 13.8 Å². The SMILES string of the molecule is C#CC(C)(C)Nc1cncc2nnnn12. The Balaban J connectivity index is 2.45. The average Bonchev–Trinajstić information content (AvgIpc) is 2.66. The van der Waals surface area contributed by atoms with Gasteiger partial charge in [0.2, 0.25) is 0 Å². The molecule has 6 heteroatoms. The molecule has 76 valence electrons. The Labute approximate surface area is 86.7 Å². The van der Waals surface area contributed by atoms with Crippen molar-refractivity contribution < 1.29 is 0 Å². The van der Waals surface area contributed by atoms with Crippen molar-refractivity contribution in [2.45, 2.75) is 19.4 Å². The van der Waals surface area contributed by atoms with Gasteiger partial charge < -0.3 is 5.32 Å². The number of aromatic nitrogens is 5. The van der Waals surface area contributed by atoms with Crippen molar-refractivity contribution in [3.05, 3.63) is 12.4 Å². The molecule has 6 nitrogen and oxygen atoms in total. The summed E-state index contributed by atoms with van der Waals surface area (Å²) in [5.74, 6) is 3.29. The number of fused-ring (bicyclic) bond motifs is 1. The van der Waals surface area contributed by atoms with E-state index >= 15 is 0 Å². The van der Waals surface area contributed by atoms with Gasteiger partial charge in [0.1, 0.15) is 0 Å². The van der Waals surface area contributed by atoms with Crippen molar-refractivity contribution in [3.63, 3.8) is 0 Å². The van der Waals surface area contributed by atoms with Crippen molar-refractivity contribution in [2.75, 3.05) is 5.32 Å². The fourth-order valence-corrected chi connectivity index (χ4v) is 1.12. The predicted molar refractivity (Wildman–Crippen MR) is 55.1 cm³/mol. The molecule has 0 amide bonds. The Morgan fingerprint density at radius 3 is 3.00 bits per heavy atom. The first-order valence-electron chi connectivity index (χ1n) is 4.40. The van der Waals surface area contributed by atoms with Gasteiger partial charge in [0.15, 0.2) is 11.5 Å². The Bertz CT molecular complexity index is 521. The maximum Gasteiger partial charge on any atom is 0.199 e. The lowest BCUT2D eigenvalue weighted by Gasteiger charge is -2.20. The Morgan fingerprint density at radius 2 is 2.27 bits per heavy atom. The molecule has 0 bridgehead atoms. The minimum Gasteiger partial charge on any atom is -0.353 e. The number of terminal acetylenes is 1.